The number of aryl methyl sites for hydroxylation is 2. The number of hydrogen-bond donors (Lipinski definition) is 2. The van der Waals surface area contributed by atoms with E-state index < -0.39 is 11.8 Å². The van der Waals surface area contributed by atoms with Crippen molar-refractivity contribution in [1.82, 2.24) is 10.9 Å². The summed E-state index contributed by atoms with van der Waals surface area (Å²) in [6, 6.07) is 10.1. The van der Waals surface area contributed by atoms with E-state index in [-0.39, 0.29) is 17.2 Å². The van der Waals surface area contributed by atoms with E-state index in [9.17, 15) is 9.59 Å². The van der Waals surface area contributed by atoms with Gasteiger partial charge in [0.25, 0.3) is 11.8 Å². The van der Waals surface area contributed by atoms with Crippen molar-refractivity contribution in [1.29, 1.82) is 0 Å². The van der Waals surface area contributed by atoms with Crippen LogP contribution in [-0.2, 0) is 4.79 Å². The van der Waals surface area contributed by atoms with Gasteiger partial charge in [0.05, 0.1) is 10.6 Å². The maximum absolute atomic E-state index is 12.0. The van der Waals surface area contributed by atoms with E-state index in [1.165, 1.54) is 12.1 Å². The van der Waals surface area contributed by atoms with Crippen molar-refractivity contribution in [2.24, 2.45) is 0 Å². The highest BCUT2D eigenvalue weighted by atomic mass is 35.5. The molecule has 0 aliphatic rings. The van der Waals surface area contributed by atoms with E-state index in [1.807, 2.05) is 26.0 Å². The van der Waals surface area contributed by atoms with Gasteiger partial charge in [-0.05, 0) is 43.7 Å². The highest BCUT2D eigenvalue weighted by Gasteiger charge is 2.12. The normalized spacial score (nSPS) is 10.2. The Hall–Kier alpha value is -2.24. The number of ether oxygens (including phenoxy) is 1. The van der Waals surface area contributed by atoms with Gasteiger partial charge in [-0.15, -0.1) is 0 Å². The summed E-state index contributed by atoms with van der Waals surface area (Å²) < 4.78 is 5.42. The summed E-state index contributed by atoms with van der Waals surface area (Å²) in [5.74, 6) is -0.455. The van der Waals surface area contributed by atoms with Crippen LogP contribution < -0.4 is 15.6 Å². The van der Waals surface area contributed by atoms with Crippen molar-refractivity contribution in [2.75, 3.05) is 6.61 Å². The molecule has 0 saturated heterocycles. The third kappa shape index (κ3) is 4.88. The van der Waals surface area contributed by atoms with Crippen LogP contribution >= 0.6 is 23.2 Å². The van der Waals surface area contributed by atoms with Crippen molar-refractivity contribution >= 4 is 35.0 Å². The molecular formula is C17H16Cl2N2O3. The van der Waals surface area contributed by atoms with Crippen molar-refractivity contribution in [3.8, 4) is 5.75 Å². The fourth-order valence-electron chi connectivity index (χ4n) is 2.01. The molecule has 2 amide bonds. The molecule has 24 heavy (non-hydrogen) atoms. The van der Waals surface area contributed by atoms with Gasteiger partial charge in [0.1, 0.15) is 5.75 Å². The van der Waals surface area contributed by atoms with Crippen LogP contribution in [-0.4, -0.2) is 18.4 Å². The predicted molar refractivity (Wildman–Crippen MR) is 93.5 cm³/mol. The zero-order chi connectivity index (χ0) is 17.7. The molecule has 0 saturated carbocycles. The lowest BCUT2D eigenvalue weighted by molar-refractivity contribution is -0.123. The van der Waals surface area contributed by atoms with Gasteiger partial charge in [0, 0.05) is 5.02 Å². The first-order chi connectivity index (χ1) is 11.4. The quantitative estimate of drug-likeness (QED) is 0.814. The van der Waals surface area contributed by atoms with Gasteiger partial charge in [-0.3, -0.25) is 20.4 Å². The molecule has 2 N–H and O–H groups in total. The molecule has 0 radical (unpaired) electrons. The average Bonchev–Trinajstić information content (AvgIpc) is 2.54. The summed E-state index contributed by atoms with van der Waals surface area (Å²) in [6.07, 6.45) is 0. The Morgan fingerprint density at radius 3 is 2.50 bits per heavy atom. The number of hydrogen-bond acceptors (Lipinski definition) is 3. The second kappa shape index (κ2) is 8.04. The molecule has 2 rings (SSSR count). The molecule has 126 valence electrons. The van der Waals surface area contributed by atoms with Gasteiger partial charge in [-0.1, -0.05) is 40.9 Å². The van der Waals surface area contributed by atoms with Crippen LogP contribution in [0.4, 0.5) is 0 Å². The largest absolute Gasteiger partial charge is 0.483 e. The molecule has 0 aromatic heterocycles. The second-order valence-electron chi connectivity index (χ2n) is 5.18. The number of rotatable bonds is 4. The number of amides is 2. The standard InChI is InChI=1S/C17H16Cl2N2O3/c1-10-3-6-15(11(2)7-10)24-9-16(22)20-21-17(23)13-8-12(18)4-5-14(13)19/h3-8H,9H2,1-2H3,(H,20,22)(H,21,23). The maximum Gasteiger partial charge on any atom is 0.276 e. The van der Waals surface area contributed by atoms with E-state index in [1.54, 1.807) is 12.1 Å². The number of benzene rings is 2. The van der Waals surface area contributed by atoms with Gasteiger partial charge >= 0.3 is 0 Å². The fraction of sp³-hybridized carbons (Fsp3) is 0.176. The lowest BCUT2D eigenvalue weighted by Crippen LogP contribution is -2.43. The van der Waals surface area contributed by atoms with Gasteiger partial charge in [0.15, 0.2) is 6.61 Å². The molecule has 0 spiro atoms. The topological polar surface area (TPSA) is 67.4 Å². The van der Waals surface area contributed by atoms with Crippen LogP contribution in [0.3, 0.4) is 0 Å². The minimum absolute atomic E-state index is 0.166. The number of hydrazine groups is 1. The van der Waals surface area contributed by atoms with Crippen molar-refractivity contribution < 1.29 is 14.3 Å². The molecule has 0 fully saturated rings. The van der Waals surface area contributed by atoms with Crippen LogP contribution in [0, 0.1) is 13.8 Å². The molecule has 0 unspecified atom stereocenters. The molecule has 0 atom stereocenters. The fourth-order valence-corrected chi connectivity index (χ4v) is 2.38. The SMILES string of the molecule is Cc1ccc(OCC(=O)NNC(=O)c2cc(Cl)ccc2Cl)c(C)c1. The number of nitrogens with one attached hydrogen (secondary N) is 2. The van der Waals surface area contributed by atoms with Crippen LogP contribution in [0.1, 0.15) is 21.5 Å². The zero-order valence-electron chi connectivity index (χ0n) is 13.2. The molecule has 0 aliphatic carbocycles. The molecule has 2 aromatic rings. The highest BCUT2D eigenvalue weighted by Crippen LogP contribution is 2.20. The smallest absolute Gasteiger partial charge is 0.276 e. The summed E-state index contributed by atoms with van der Waals surface area (Å²) in [4.78, 5) is 23.8. The Labute approximate surface area is 149 Å². The van der Waals surface area contributed by atoms with Crippen LogP contribution in [0.2, 0.25) is 10.0 Å². The Morgan fingerprint density at radius 2 is 1.79 bits per heavy atom. The van der Waals surface area contributed by atoms with Gasteiger partial charge in [-0.2, -0.15) is 0 Å². The summed E-state index contributed by atoms with van der Waals surface area (Å²) in [7, 11) is 0. The Morgan fingerprint density at radius 1 is 1.04 bits per heavy atom. The summed E-state index contributed by atoms with van der Waals surface area (Å²) >= 11 is 11.7. The summed E-state index contributed by atoms with van der Waals surface area (Å²) in [6.45, 7) is 3.64. The summed E-state index contributed by atoms with van der Waals surface area (Å²) in [5.41, 5.74) is 6.73. The molecule has 7 heteroatoms. The van der Waals surface area contributed by atoms with Crippen molar-refractivity contribution in [2.45, 2.75) is 13.8 Å². The zero-order valence-corrected chi connectivity index (χ0v) is 14.7. The maximum atomic E-state index is 12.0. The third-order valence-electron chi connectivity index (χ3n) is 3.18. The second-order valence-corrected chi connectivity index (χ2v) is 6.03. The number of carbonyl (C=O) groups excluding carboxylic acids is 2. The Balaban J connectivity index is 1.86. The predicted octanol–water partition coefficient (Wildman–Crippen LogP) is 3.45. The Kier molecular flexibility index (Phi) is 6.06. The first-order valence-corrected chi connectivity index (χ1v) is 7.86. The minimum Gasteiger partial charge on any atom is -0.483 e. The van der Waals surface area contributed by atoms with Crippen LogP contribution in [0.25, 0.3) is 0 Å². The first kappa shape index (κ1) is 18.1. The van der Waals surface area contributed by atoms with E-state index in [4.69, 9.17) is 27.9 Å². The molecule has 5 nitrogen and oxygen atoms in total. The Bertz CT molecular complexity index is 778. The molecular weight excluding hydrogens is 351 g/mol. The lowest BCUT2D eigenvalue weighted by Gasteiger charge is -2.11. The molecule has 0 aliphatic heterocycles. The highest BCUT2D eigenvalue weighted by molar-refractivity contribution is 6.35. The van der Waals surface area contributed by atoms with E-state index in [2.05, 4.69) is 10.9 Å². The van der Waals surface area contributed by atoms with E-state index in [0.717, 1.165) is 11.1 Å². The molecule has 2 aromatic carbocycles. The van der Waals surface area contributed by atoms with Crippen LogP contribution in [0.5, 0.6) is 5.75 Å². The van der Waals surface area contributed by atoms with Gasteiger partial charge < -0.3 is 4.74 Å². The van der Waals surface area contributed by atoms with Gasteiger partial charge in [0.2, 0.25) is 0 Å². The van der Waals surface area contributed by atoms with Gasteiger partial charge in [-0.25, -0.2) is 0 Å². The minimum atomic E-state index is -0.567. The van der Waals surface area contributed by atoms with Crippen LogP contribution in [0.15, 0.2) is 36.4 Å². The monoisotopic (exact) mass is 366 g/mol. The van der Waals surface area contributed by atoms with E-state index in [0.29, 0.717) is 10.8 Å². The number of halogens is 2. The molecule has 0 heterocycles. The average molecular weight is 367 g/mol. The number of carbonyl (C=O) groups is 2. The van der Waals surface area contributed by atoms with Crippen molar-refractivity contribution in [3.05, 3.63) is 63.1 Å². The summed E-state index contributed by atoms with van der Waals surface area (Å²) in [5, 5.41) is 0.603. The van der Waals surface area contributed by atoms with Crippen molar-refractivity contribution in [3.63, 3.8) is 0 Å². The first-order valence-electron chi connectivity index (χ1n) is 7.11. The third-order valence-corrected chi connectivity index (χ3v) is 3.74. The molecule has 0 bridgehead atoms. The van der Waals surface area contributed by atoms with E-state index >= 15 is 0 Å². The lowest BCUT2D eigenvalue weighted by atomic mass is 10.1.